The first-order valence-corrected chi connectivity index (χ1v) is 7.17. The van der Waals surface area contributed by atoms with Crippen LogP contribution in [0.15, 0.2) is 4.52 Å². The highest BCUT2D eigenvalue weighted by Gasteiger charge is 2.27. The van der Waals surface area contributed by atoms with Gasteiger partial charge in [0.15, 0.2) is 0 Å². The molecule has 0 atom stereocenters. The summed E-state index contributed by atoms with van der Waals surface area (Å²) in [6.07, 6.45) is 0.558. The Kier molecular flexibility index (Phi) is 3.69. The predicted octanol–water partition coefficient (Wildman–Crippen LogP) is 3.33. The average Bonchev–Trinajstić information content (AvgIpc) is 2.87. The molecule has 1 N–H and O–H groups in total. The molecule has 2 aromatic heterocycles. The van der Waals surface area contributed by atoms with Gasteiger partial charge in [-0.25, -0.2) is 9.78 Å². The summed E-state index contributed by atoms with van der Waals surface area (Å²) < 4.78 is 5.13. The van der Waals surface area contributed by atoms with Crippen LogP contribution in [0.5, 0.6) is 0 Å². The summed E-state index contributed by atoms with van der Waals surface area (Å²) >= 11 is 1.23. The van der Waals surface area contributed by atoms with Crippen molar-refractivity contribution in [3.63, 3.8) is 0 Å². The Morgan fingerprint density at radius 2 is 2.00 bits per heavy atom. The van der Waals surface area contributed by atoms with Crippen molar-refractivity contribution >= 4 is 17.3 Å². The number of carboxylic acids is 1. The van der Waals surface area contributed by atoms with E-state index in [1.807, 2.05) is 34.6 Å². The van der Waals surface area contributed by atoms with Gasteiger partial charge in [0.1, 0.15) is 10.6 Å². The largest absolute Gasteiger partial charge is 0.477 e. The van der Waals surface area contributed by atoms with Crippen LogP contribution in [0.25, 0.3) is 0 Å². The molecule has 0 radical (unpaired) electrons. The molecule has 0 spiro atoms. The summed E-state index contributed by atoms with van der Waals surface area (Å²) in [5.41, 5.74) is 2.15. The van der Waals surface area contributed by atoms with Crippen molar-refractivity contribution in [2.45, 2.75) is 46.5 Å². The number of nitrogens with zero attached hydrogens (tertiary/aromatic N) is 2. The number of aromatic carboxylic acids is 1. The summed E-state index contributed by atoms with van der Waals surface area (Å²) in [7, 11) is 0. The first-order chi connectivity index (χ1) is 9.20. The van der Waals surface area contributed by atoms with Crippen LogP contribution >= 0.6 is 11.3 Å². The molecule has 0 saturated heterocycles. The second-order valence-corrected chi connectivity index (χ2v) is 6.90. The molecule has 2 heterocycles. The Labute approximate surface area is 121 Å². The fraction of sp³-hybridized carbons (Fsp3) is 0.500. The molecule has 0 bridgehead atoms. The van der Waals surface area contributed by atoms with E-state index >= 15 is 0 Å². The van der Waals surface area contributed by atoms with Gasteiger partial charge in [0, 0.05) is 17.4 Å². The highest BCUT2D eigenvalue weighted by Crippen LogP contribution is 2.31. The number of hydrogen-bond donors (Lipinski definition) is 1. The molecular weight excluding hydrogens is 276 g/mol. The van der Waals surface area contributed by atoms with Crippen molar-refractivity contribution in [2.75, 3.05) is 0 Å². The maximum Gasteiger partial charge on any atom is 0.347 e. The molecular formula is C14H18N2O3S. The molecule has 0 aromatic carbocycles. The Balaban J connectivity index is 2.42. The molecule has 0 saturated carbocycles. The van der Waals surface area contributed by atoms with Crippen molar-refractivity contribution in [1.29, 1.82) is 0 Å². The van der Waals surface area contributed by atoms with E-state index in [0.29, 0.717) is 17.0 Å². The zero-order chi connectivity index (χ0) is 15.1. The molecule has 20 heavy (non-hydrogen) atoms. The smallest absolute Gasteiger partial charge is 0.347 e. The molecule has 0 aliphatic rings. The van der Waals surface area contributed by atoms with Gasteiger partial charge in [-0.2, -0.15) is 0 Å². The van der Waals surface area contributed by atoms with Crippen LogP contribution in [0.3, 0.4) is 0 Å². The topological polar surface area (TPSA) is 76.2 Å². The van der Waals surface area contributed by atoms with Crippen molar-refractivity contribution < 1.29 is 14.4 Å². The minimum Gasteiger partial charge on any atom is -0.477 e. The summed E-state index contributed by atoms with van der Waals surface area (Å²) in [6, 6.07) is 0. The Bertz CT molecular complexity index is 630. The molecule has 0 aliphatic carbocycles. The van der Waals surface area contributed by atoms with Gasteiger partial charge in [-0.1, -0.05) is 25.9 Å². The molecule has 2 rings (SSSR count). The zero-order valence-electron chi connectivity index (χ0n) is 12.3. The number of thiazole rings is 1. The van der Waals surface area contributed by atoms with Crippen LogP contribution < -0.4 is 0 Å². The summed E-state index contributed by atoms with van der Waals surface area (Å²) in [5, 5.41) is 14.0. The Morgan fingerprint density at radius 3 is 2.40 bits per heavy atom. The lowest BCUT2D eigenvalue weighted by molar-refractivity contribution is 0.0699. The fourth-order valence-electron chi connectivity index (χ4n) is 2.00. The van der Waals surface area contributed by atoms with Crippen LogP contribution in [0.1, 0.15) is 58.2 Å². The number of aromatic nitrogens is 2. The van der Waals surface area contributed by atoms with Gasteiger partial charge in [-0.15, -0.1) is 11.3 Å². The minimum atomic E-state index is -0.919. The number of carboxylic acid groups (broad SMARTS) is 1. The number of aryl methyl sites for hydroxylation is 2. The molecule has 5 nitrogen and oxygen atoms in total. The maximum absolute atomic E-state index is 11.4. The monoisotopic (exact) mass is 294 g/mol. The highest BCUT2D eigenvalue weighted by molar-refractivity contribution is 7.13. The number of carbonyl (C=O) groups is 1. The Morgan fingerprint density at radius 1 is 1.35 bits per heavy atom. The van der Waals surface area contributed by atoms with E-state index in [2.05, 4.69) is 10.1 Å². The standard InChI is InChI=1S/C14H18N2O3S/c1-7-9(8(2)19-16-7)6-10-15-12(14(3,4)5)11(20-10)13(17)18/h6H2,1-5H3,(H,17,18). The summed E-state index contributed by atoms with van der Waals surface area (Å²) in [6.45, 7) is 9.63. The van der Waals surface area contributed by atoms with E-state index in [4.69, 9.17) is 4.52 Å². The first-order valence-electron chi connectivity index (χ1n) is 6.35. The van der Waals surface area contributed by atoms with Gasteiger partial charge in [0.25, 0.3) is 0 Å². The van der Waals surface area contributed by atoms with E-state index in [-0.39, 0.29) is 5.41 Å². The minimum absolute atomic E-state index is 0.290. The molecule has 0 aliphatic heterocycles. The van der Waals surface area contributed by atoms with Gasteiger partial charge in [0.2, 0.25) is 0 Å². The zero-order valence-corrected chi connectivity index (χ0v) is 13.1. The average molecular weight is 294 g/mol. The third-order valence-electron chi connectivity index (χ3n) is 3.09. The van der Waals surface area contributed by atoms with Gasteiger partial charge < -0.3 is 9.63 Å². The summed E-state index contributed by atoms with van der Waals surface area (Å²) in [5.74, 6) is -0.163. The van der Waals surface area contributed by atoms with Gasteiger partial charge in [-0.3, -0.25) is 0 Å². The maximum atomic E-state index is 11.4. The van der Waals surface area contributed by atoms with Gasteiger partial charge >= 0.3 is 5.97 Å². The quantitative estimate of drug-likeness (QED) is 0.939. The van der Waals surface area contributed by atoms with E-state index in [9.17, 15) is 9.90 Å². The van der Waals surface area contributed by atoms with Crippen molar-refractivity contribution in [2.24, 2.45) is 0 Å². The highest BCUT2D eigenvalue weighted by atomic mass is 32.1. The normalized spacial score (nSPS) is 11.8. The molecule has 6 heteroatoms. The molecule has 2 aromatic rings. The van der Waals surface area contributed by atoms with Gasteiger partial charge in [-0.05, 0) is 13.8 Å². The molecule has 0 unspecified atom stereocenters. The number of rotatable bonds is 3. The van der Waals surface area contributed by atoms with Crippen molar-refractivity contribution in [3.8, 4) is 0 Å². The second kappa shape index (κ2) is 5.01. The van der Waals surface area contributed by atoms with Crippen LogP contribution in [0.4, 0.5) is 0 Å². The van der Waals surface area contributed by atoms with Crippen LogP contribution in [-0.4, -0.2) is 21.2 Å². The third kappa shape index (κ3) is 2.75. The predicted molar refractivity (Wildman–Crippen MR) is 76.6 cm³/mol. The lowest BCUT2D eigenvalue weighted by Crippen LogP contribution is -2.16. The lowest BCUT2D eigenvalue weighted by atomic mass is 9.91. The van der Waals surface area contributed by atoms with E-state index in [1.54, 1.807) is 0 Å². The molecule has 0 fully saturated rings. The third-order valence-corrected chi connectivity index (χ3v) is 4.13. The summed E-state index contributed by atoms with van der Waals surface area (Å²) in [4.78, 5) is 16.2. The van der Waals surface area contributed by atoms with Crippen molar-refractivity contribution in [1.82, 2.24) is 10.1 Å². The number of hydrogen-bond acceptors (Lipinski definition) is 5. The van der Waals surface area contributed by atoms with E-state index in [0.717, 1.165) is 22.0 Å². The van der Waals surface area contributed by atoms with Crippen LogP contribution in [-0.2, 0) is 11.8 Å². The van der Waals surface area contributed by atoms with Crippen LogP contribution in [0.2, 0.25) is 0 Å². The molecule has 108 valence electrons. The van der Waals surface area contributed by atoms with Crippen LogP contribution in [0, 0.1) is 13.8 Å². The molecule has 0 amide bonds. The van der Waals surface area contributed by atoms with E-state index < -0.39 is 5.97 Å². The Hall–Kier alpha value is -1.69. The SMILES string of the molecule is Cc1noc(C)c1Cc1nc(C(C)(C)C)c(C(=O)O)s1. The van der Waals surface area contributed by atoms with E-state index in [1.165, 1.54) is 11.3 Å². The van der Waals surface area contributed by atoms with Crippen molar-refractivity contribution in [3.05, 3.63) is 32.6 Å². The van der Waals surface area contributed by atoms with Gasteiger partial charge in [0.05, 0.1) is 16.4 Å². The second-order valence-electron chi connectivity index (χ2n) is 5.82. The fourth-order valence-corrected chi connectivity index (χ4v) is 3.12. The first kappa shape index (κ1) is 14.7. The lowest BCUT2D eigenvalue weighted by Gasteiger charge is -2.16.